The number of hydrogen-bond acceptors (Lipinski definition) is 2. The molecule has 1 rings (SSSR count). The fraction of sp³-hybridized carbons (Fsp3) is 0.300. The molecular formula is C10H12O2S. The van der Waals surface area contributed by atoms with Crippen LogP contribution in [-0.2, 0) is 11.2 Å². The summed E-state index contributed by atoms with van der Waals surface area (Å²) in [5, 5.41) is 10.9. The summed E-state index contributed by atoms with van der Waals surface area (Å²) in [6, 6.07) is 3.86. The summed E-state index contributed by atoms with van der Waals surface area (Å²) in [5.74, 6) is -0.823. The summed E-state index contributed by atoms with van der Waals surface area (Å²) in [6.07, 6.45) is 2.01. The monoisotopic (exact) mass is 196 g/mol. The minimum absolute atomic E-state index is 0.517. The molecule has 0 radical (unpaired) electrons. The summed E-state index contributed by atoms with van der Waals surface area (Å²) >= 11 is 1.57. The van der Waals surface area contributed by atoms with E-state index >= 15 is 0 Å². The average Bonchev–Trinajstić information content (AvgIpc) is 2.56. The van der Waals surface area contributed by atoms with Crippen LogP contribution in [0.3, 0.4) is 0 Å². The molecule has 3 heteroatoms. The molecule has 0 amide bonds. The Hall–Kier alpha value is -1.09. The van der Waals surface area contributed by atoms with Crippen LogP contribution in [0, 0.1) is 5.41 Å². The molecule has 0 aliphatic rings. The van der Waals surface area contributed by atoms with Gasteiger partial charge in [0.05, 0.1) is 5.41 Å². The summed E-state index contributed by atoms with van der Waals surface area (Å²) < 4.78 is 0. The first-order valence-corrected chi connectivity index (χ1v) is 4.86. The molecule has 1 atom stereocenters. The van der Waals surface area contributed by atoms with Gasteiger partial charge in [-0.2, -0.15) is 0 Å². The van der Waals surface area contributed by atoms with Crippen LogP contribution in [-0.4, -0.2) is 11.1 Å². The molecule has 2 nitrogen and oxygen atoms in total. The van der Waals surface area contributed by atoms with Crippen molar-refractivity contribution in [3.05, 3.63) is 35.0 Å². The van der Waals surface area contributed by atoms with Gasteiger partial charge in [-0.1, -0.05) is 12.1 Å². The summed E-state index contributed by atoms with van der Waals surface area (Å²) in [5.41, 5.74) is -0.842. The van der Waals surface area contributed by atoms with Crippen molar-refractivity contribution in [3.63, 3.8) is 0 Å². The third-order valence-electron chi connectivity index (χ3n) is 2.06. The second kappa shape index (κ2) is 3.75. The molecular weight excluding hydrogens is 184 g/mol. The topological polar surface area (TPSA) is 37.3 Å². The first-order valence-electron chi connectivity index (χ1n) is 3.98. The molecule has 1 aromatic heterocycles. The van der Waals surface area contributed by atoms with Gasteiger partial charge in [-0.3, -0.25) is 4.79 Å². The van der Waals surface area contributed by atoms with Gasteiger partial charge in [-0.05, 0) is 18.4 Å². The molecule has 1 heterocycles. The largest absolute Gasteiger partial charge is 0.481 e. The number of rotatable bonds is 4. The Morgan fingerprint density at radius 2 is 2.54 bits per heavy atom. The summed E-state index contributed by atoms with van der Waals surface area (Å²) in [7, 11) is 0. The van der Waals surface area contributed by atoms with Crippen molar-refractivity contribution in [2.75, 3.05) is 0 Å². The molecule has 70 valence electrons. The predicted molar refractivity (Wildman–Crippen MR) is 54.0 cm³/mol. The van der Waals surface area contributed by atoms with Gasteiger partial charge < -0.3 is 5.11 Å². The molecule has 13 heavy (non-hydrogen) atoms. The lowest BCUT2D eigenvalue weighted by atomic mass is 9.86. The first-order chi connectivity index (χ1) is 6.08. The maximum atomic E-state index is 10.9. The van der Waals surface area contributed by atoms with E-state index in [2.05, 4.69) is 6.58 Å². The van der Waals surface area contributed by atoms with Crippen molar-refractivity contribution in [1.82, 2.24) is 0 Å². The van der Waals surface area contributed by atoms with E-state index in [4.69, 9.17) is 5.11 Å². The van der Waals surface area contributed by atoms with Crippen LogP contribution in [0.25, 0.3) is 0 Å². The molecule has 1 aromatic rings. The molecule has 0 spiro atoms. The zero-order valence-corrected chi connectivity index (χ0v) is 8.30. The van der Waals surface area contributed by atoms with E-state index in [-0.39, 0.29) is 0 Å². The van der Waals surface area contributed by atoms with Gasteiger partial charge in [0.25, 0.3) is 0 Å². The Balaban J connectivity index is 2.81. The van der Waals surface area contributed by atoms with Crippen molar-refractivity contribution in [3.8, 4) is 0 Å². The number of thiophene rings is 1. The van der Waals surface area contributed by atoms with E-state index in [9.17, 15) is 4.79 Å². The number of hydrogen-bond donors (Lipinski definition) is 1. The second-order valence-electron chi connectivity index (χ2n) is 3.18. The van der Waals surface area contributed by atoms with Gasteiger partial charge in [0.2, 0.25) is 0 Å². The summed E-state index contributed by atoms with van der Waals surface area (Å²) in [6.45, 7) is 5.24. The van der Waals surface area contributed by atoms with Crippen molar-refractivity contribution >= 4 is 17.3 Å². The van der Waals surface area contributed by atoms with Gasteiger partial charge in [0.1, 0.15) is 0 Å². The number of aliphatic carboxylic acids is 1. The third kappa shape index (κ3) is 2.18. The van der Waals surface area contributed by atoms with E-state index in [0.717, 1.165) is 4.88 Å². The highest BCUT2D eigenvalue weighted by molar-refractivity contribution is 7.09. The van der Waals surface area contributed by atoms with Crippen molar-refractivity contribution in [2.24, 2.45) is 5.41 Å². The van der Waals surface area contributed by atoms with Gasteiger partial charge in [0, 0.05) is 11.3 Å². The second-order valence-corrected chi connectivity index (χ2v) is 4.22. The molecule has 0 saturated heterocycles. The van der Waals surface area contributed by atoms with E-state index in [1.807, 2.05) is 17.5 Å². The lowest BCUT2D eigenvalue weighted by Crippen LogP contribution is -2.26. The van der Waals surface area contributed by atoms with E-state index in [1.54, 1.807) is 18.3 Å². The highest BCUT2D eigenvalue weighted by atomic mass is 32.1. The normalized spacial score (nSPS) is 14.8. The zero-order chi connectivity index (χ0) is 9.90. The maximum absolute atomic E-state index is 10.9. The van der Waals surface area contributed by atoms with E-state index < -0.39 is 11.4 Å². The van der Waals surface area contributed by atoms with E-state index in [0.29, 0.717) is 6.42 Å². The van der Waals surface area contributed by atoms with Crippen LogP contribution in [0.2, 0.25) is 0 Å². The van der Waals surface area contributed by atoms with Crippen molar-refractivity contribution in [2.45, 2.75) is 13.3 Å². The van der Waals surface area contributed by atoms with Gasteiger partial charge in [-0.15, -0.1) is 17.9 Å². The smallest absolute Gasteiger partial charge is 0.313 e. The number of carbonyl (C=O) groups is 1. The Labute approximate surface area is 81.5 Å². The fourth-order valence-electron chi connectivity index (χ4n) is 1.01. The molecule has 0 saturated carbocycles. The molecule has 0 aliphatic carbocycles. The molecule has 0 fully saturated rings. The van der Waals surface area contributed by atoms with Crippen LogP contribution in [0.15, 0.2) is 30.2 Å². The first kappa shape index (κ1) is 9.99. The molecule has 0 bridgehead atoms. The number of carboxylic acid groups (broad SMARTS) is 1. The minimum Gasteiger partial charge on any atom is -0.481 e. The van der Waals surface area contributed by atoms with Crippen LogP contribution < -0.4 is 0 Å². The molecule has 0 aliphatic heterocycles. The number of carboxylic acids is 1. The van der Waals surface area contributed by atoms with Crippen LogP contribution in [0.4, 0.5) is 0 Å². The quantitative estimate of drug-likeness (QED) is 0.751. The zero-order valence-electron chi connectivity index (χ0n) is 7.49. The van der Waals surface area contributed by atoms with Crippen molar-refractivity contribution < 1.29 is 9.90 Å². The van der Waals surface area contributed by atoms with Gasteiger partial charge >= 0.3 is 5.97 Å². The Morgan fingerprint density at radius 1 is 1.85 bits per heavy atom. The lowest BCUT2D eigenvalue weighted by molar-refractivity contribution is -0.145. The minimum atomic E-state index is -0.842. The summed E-state index contributed by atoms with van der Waals surface area (Å²) in [4.78, 5) is 12.0. The highest BCUT2D eigenvalue weighted by Crippen LogP contribution is 2.26. The Morgan fingerprint density at radius 3 is 2.92 bits per heavy atom. The third-order valence-corrected chi connectivity index (χ3v) is 2.94. The van der Waals surface area contributed by atoms with Gasteiger partial charge in [0.15, 0.2) is 0 Å². The molecule has 1 N–H and O–H groups in total. The Kier molecular flexibility index (Phi) is 2.88. The standard InChI is InChI=1S/C10H12O2S/c1-3-10(2,9(11)12)7-8-5-4-6-13-8/h3-6H,1,7H2,2H3,(H,11,12). The predicted octanol–water partition coefficient (Wildman–Crippen LogP) is 2.57. The van der Waals surface area contributed by atoms with Crippen molar-refractivity contribution in [1.29, 1.82) is 0 Å². The van der Waals surface area contributed by atoms with Gasteiger partial charge in [-0.25, -0.2) is 0 Å². The molecule has 1 unspecified atom stereocenters. The fourth-order valence-corrected chi connectivity index (χ4v) is 1.88. The van der Waals surface area contributed by atoms with Crippen LogP contribution in [0.1, 0.15) is 11.8 Å². The SMILES string of the molecule is C=CC(C)(Cc1cccs1)C(=O)O. The highest BCUT2D eigenvalue weighted by Gasteiger charge is 2.29. The van der Waals surface area contributed by atoms with E-state index in [1.165, 1.54) is 6.08 Å². The van der Waals surface area contributed by atoms with Crippen LogP contribution >= 0.6 is 11.3 Å². The molecule has 0 aromatic carbocycles. The maximum Gasteiger partial charge on any atom is 0.313 e. The lowest BCUT2D eigenvalue weighted by Gasteiger charge is -2.18. The van der Waals surface area contributed by atoms with Crippen LogP contribution in [0.5, 0.6) is 0 Å². The average molecular weight is 196 g/mol. The Bertz CT molecular complexity index is 303.